The fourth-order valence-electron chi connectivity index (χ4n) is 3.31. The molecule has 0 radical (unpaired) electrons. The molecule has 0 spiro atoms. The summed E-state index contributed by atoms with van der Waals surface area (Å²) in [6.45, 7) is 6.30. The lowest BCUT2D eigenvalue weighted by atomic mass is 10.2. The summed E-state index contributed by atoms with van der Waals surface area (Å²) < 4.78 is 25.1. The molecular formula is C18H23N3O3S. The summed E-state index contributed by atoms with van der Waals surface area (Å²) in [5.41, 5.74) is 3.08. The predicted molar refractivity (Wildman–Crippen MR) is 97.8 cm³/mol. The van der Waals surface area contributed by atoms with Crippen LogP contribution in [0.3, 0.4) is 0 Å². The minimum Gasteiger partial charge on any atom is -0.307 e. The third-order valence-electron chi connectivity index (χ3n) is 4.57. The van der Waals surface area contributed by atoms with Crippen molar-refractivity contribution in [2.45, 2.75) is 33.2 Å². The summed E-state index contributed by atoms with van der Waals surface area (Å²) >= 11 is 0. The standard InChI is InChI=1S/C18H23N3O3S/c1-4-20(15-7-5-6-13(2)10-15)18(22)17-11-14(3)21(19-17)16-8-9-25(23,24)12-16/h5-7,10-11,16H,4,8-9,12H2,1-3H3. The van der Waals surface area contributed by atoms with Crippen molar-refractivity contribution in [3.8, 4) is 0 Å². The molecule has 1 aromatic heterocycles. The van der Waals surface area contributed by atoms with Crippen molar-refractivity contribution < 1.29 is 13.2 Å². The Morgan fingerprint density at radius 3 is 2.68 bits per heavy atom. The number of carbonyl (C=O) groups excluding carboxylic acids is 1. The Morgan fingerprint density at radius 2 is 2.08 bits per heavy atom. The Hall–Kier alpha value is -2.15. The highest BCUT2D eigenvalue weighted by molar-refractivity contribution is 7.91. The van der Waals surface area contributed by atoms with E-state index >= 15 is 0 Å². The summed E-state index contributed by atoms with van der Waals surface area (Å²) in [5.74, 6) is 0.110. The molecule has 2 aromatic rings. The molecule has 1 aromatic carbocycles. The molecule has 6 nitrogen and oxygen atoms in total. The molecule has 0 aliphatic carbocycles. The van der Waals surface area contributed by atoms with Crippen molar-refractivity contribution in [3.05, 3.63) is 47.3 Å². The summed E-state index contributed by atoms with van der Waals surface area (Å²) in [6.07, 6.45) is 0.549. The van der Waals surface area contributed by atoms with Crippen LogP contribution in [0, 0.1) is 13.8 Å². The van der Waals surface area contributed by atoms with Gasteiger partial charge in [0.1, 0.15) is 0 Å². The van der Waals surface area contributed by atoms with Crippen LogP contribution in [0.1, 0.15) is 41.1 Å². The number of benzene rings is 1. The number of sulfone groups is 1. The van der Waals surface area contributed by atoms with Crippen LogP contribution >= 0.6 is 0 Å². The maximum atomic E-state index is 12.9. The van der Waals surface area contributed by atoms with Gasteiger partial charge in [-0.05, 0) is 51.0 Å². The molecule has 0 bridgehead atoms. The molecule has 1 atom stereocenters. The van der Waals surface area contributed by atoms with Gasteiger partial charge in [-0.15, -0.1) is 0 Å². The Bertz CT molecular complexity index is 902. The zero-order valence-electron chi connectivity index (χ0n) is 14.8. The van der Waals surface area contributed by atoms with Gasteiger partial charge in [-0.3, -0.25) is 9.48 Å². The van der Waals surface area contributed by atoms with E-state index in [4.69, 9.17) is 0 Å². The van der Waals surface area contributed by atoms with Crippen molar-refractivity contribution in [1.29, 1.82) is 0 Å². The van der Waals surface area contributed by atoms with Crippen molar-refractivity contribution in [2.24, 2.45) is 0 Å². The second-order valence-electron chi connectivity index (χ2n) is 6.56. The zero-order chi connectivity index (χ0) is 18.2. The fraction of sp³-hybridized carbons (Fsp3) is 0.444. The van der Waals surface area contributed by atoms with Crippen LogP contribution in [0.2, 0.25) is 0 Å². The number of anilines is 1. The summed E-state index contributed by atoms with van der Waals surface area (Å²) in [4.78, 5) is 14.6. The molecule has 1 amide bonds. The highest BCUT2D eigenvalue weighted by Gasteiger charge is 2.31. The summed E-state index contributed by atoms with van der Waals surface area (Å²) in [6, 6.07) is 9.35. The maximum absolute atomic E-state index is 12.9. The molecule has 0 N–H and O–H groups in total. The molecule has 1 aliphatic heterocycles. The molecule has 1 unspecified atom stereocenters. The molecule has 7 heteroatoms. The largest absolute Gasteiger partial charge is 0.307 e. The van der Waals surface area contributed by atoms with Crippen LogP contribution in [-0.4, -0.2) is 42.2 Å². The number of hydrogen-bond acceptors (Lipinski definition) is 4. The number of amides is 1. The minimum absolute atomic E-state index is 0.0958. The second-order valence-corrected chi connectivity index (χ2v) is 8.79. The highest BCUT2D eigenvalue weighted by Crippen LogP contribution is 2.25. The first-order chi connectivity index (χ1) is 11.8. The molecular weight excluding hydrogens is 338 g/mol. The van der Waals surface area contributed by atoms with Gasteiger partial charge in [-0.2, -0.15) is 5.10 Å². The third kappa shape index (κ3) is 3.61. The Morgan fingerprint density at radius 1 is 1.32 bits per heavy atom. The van der Waals surface area contributed by atoms with Crippen LogP contribution < -0.4 is 4.90 Å². The lowest BCUT2D eigenvalue weighted by Crippen LogP contribution is -2.31. The van der Waals surface area contributed by atoms with Gasteiger partial charge in [-0.25, -0.2) is 8.42 Å². The van der Waals surface area contributed by atoms with Gasteiger partial charge in [0.25, 0.3) is 5.91 Å². The van der Waals surface area contributed by atoms with Gasteiger partial charge in [-0.1, -0.05) is 12.1 Å². The number of nitrogens with zero attached hydrogens (tertiary/aromatic N) is 3. The lowest BCUT2D eigenvalue weighted by molar-refractivity contribution is 0.0982. The van der Waals surface area contributed by atoms with E-state index in [-0.39, 0.29) is 23.5 Å². The van der Waals surface area contributed by atoms with Gasteiger partial charge in [0.05, 0.1) is 17.5 Å². The molecule has 0 saturated carbocycles. The van der Waals surface area contributed by atoms with Gasteiger partial charge in [0.2, 0.25) is 0 Å². The predicted octanol–water partition coefficient (Wildman–Crippen LogP) is 2.53. The maximum Gasteiger partial charge on any atom is 0.278 e. The SMILES string of the molecule is CCN(C(=O)c1cc(C)n(C2CCS(=O)(=O)C2)n1)c1cccc(C)c1. The first kappa shape index (κ1) is 17.7. The van der Waals surface area contributed by atoms with E-state index in [2.05, 4.69) is 5.10 Å². The van der Waals surface area contributed by atoms with E-state index in [0.717, 1.165) is 16.9 Å². The monoisotopic (exact) mass is 361 g/mol. The van der Waals surface area contributed by atoms with Crippen molar-refractivity contribution >= 4 is 21.4 Å². The second kappa shape index (κ2) is 6.63. The molecule has 1 fully saturated rings. The van der Waals surface area contributed by atoms with Gasteiger partial charge in [0, 0.05) is 17.9 Å². The molecule has 2 heterocycles. The molecule has 134 valence electrons. The van der Waals surface area contributed by atoms with Gasteiger partial charge < -0.3 is 4.90 Å². The molecule has 3 rings (SSSR count). The van der Waals surface area contributed by atoms with Crippen LogP contribution in [0.15, 0.2) is 30.3 Å². The Kier molecular flexibility index (Phi) is 4.69. The van der Waals surface area contributed by atoms with E-state index in [0.29, 0.717) is 18.7 Å². The number of aryl methyl sites for hydroxylation is 2. The number of rotatable bonds is 4. The van der Waals surface area contributed by atoms with Crippen LogP contribution in [0.25, 0.3) is 0 Å². The molecule has 1 aliphatic rings. The number of aromatic nitrogens is 2. The normalized spacial score (nSPS) is 19.1. The van der Waals surface area contributed by atoms with Crippen molar-refractivity contribution in [2.75, 3.05) is 23.0 Å². The Labute approximate surface area is 148 Å². The van der Waals surface area contributed by atoms with E-state index in [1.165, 1.54) is 0 Å². The quantitative estimate of drug-likeness (QED) is 0.839. The van der Waals surface area contributed by atoms with Crippen LogP contribution in [0.5, 0.6) is 0 Å². The van der Waals surface area contributed by atoms with Gasteiger partial charge >= 0.3 is 0 Å². The highest BCUT2D eigenvalue weighted by atomic mass is 32.2. The average Bonchev–Trinajstić information content (AvgIpc) is 3.10. The van der Waals surface area contributed by atoms with E-state index in [1.54, 1.807) is 15.6 Å². The lowest BCUT2D eigenvalue weighted by Gasteiger charge is -2.20. The zero-order valence-corrected chi connectivity index (χ0v) is 15.6. The third-order valence-corrected chi connectivity index (χ3v) is 6.32. The van der Waals surface area contributed by atoms with Gasteiger partial charge in [0.15, 0.2) is 15.5 Å². The smallest absolute Gasteiger partial charge is 0.278 e. The average molecular weight is 361 g/mol. The first-order valence-corrected chi connectivity index (χ1v) is 10.3. The Balaban J connectivity index is 1.88. The summed E-state index contributed by atoms with van der Waals surface area (Å²) in [5, 5.41) is 4.44. The first-order valence-electron chi connectivity index (χ1n) is 8.46. The van der Waals surface area contributed by atoms with Crippen molar-refractivity contribution in [1.82, 2.24) is 9.78 Å². The number of carbonyl (C=O) groups is 1. The van der Waals surface area contributed by atoms with E-state index in [9.17, 15) is 13.2 Å². The number of hydrogen-bond donors (Lipinski definition) is 0. The van der Waals surface area contributed by atoms with E-state index < -0.39 is 9.84 Å². The molecule has 25 heavy (non-hydrogen) atoms. The van der Waals surface area contributed by atoms with Crippen LogP contribution in [-0.2, 0) is 9.84 Å². The fourth-order valence-corrected chi connectivity index (χ4v) is 5.00. The minimum atomic E-state index is -3.00. The van der Waals surface area contributed by atoms with Crippen molar-refractivity contribution in [3.63, 3.8) is 0 Å². The van der Waals surface area contributed by atoms with Crippen LogP contribution in [0.4, 0.5) is 5.69 Å². The summed E-state index contributed by atoms with van der Waals surface area (Å²) in [7, 11) is -3.00. The van der Waals surface area contributed by atoms with E-state index in [1.807, 2.05) is 45.0 Å². The topological polar surface area (TPSA) is 72.3 Å². The molecule has 1 saturated heterocycles.